The Morgan fingerprint density at radius 1 is 1.00 bits per heavy atom. The fourth-order valence-corrected chi connectivity index (χ4v) is 5.07. The number of fused-ring (bicyclic) bond motifs is 2. The summed E-state index contributed by atoms with van der Waals surface area (Å²) in [5.74, 6) is -0.742. The van der Waals surface area contributed by atoms with Crippen LogP contribution in [-0.4, -0.2) is 16.6 Å². The van der Waals surface area contributed by atoms with Crippen molar-refractivity contribution in [1.82, 2.24) is 0 Å². The second kappa shape index (κ2) is 6.17. The van der Waals surface area contributed by atoms with E-state index < -0.39 is 11.5 Å². The topological polar surface area (TPSA) is 49.3 Å². The first-order valence-electron chi connectivity index (χ1n) is 8.89. The zero-order valence-corrected chi connectivity index (χ0v) is 15.7. The summed E-state index contributed by atoms with van der Waals surface area (Å²) in [6.45, 7) is 0. The first-order chi connectivity index (χ1) is 12.0. The number of aliphatic carboxylic acids is 1. The zero-order valence-electron chi connectivity index (χ0n) is 14.1. The quantitative estimate of drug-likeness (QED) is 0.750. The van der Waals surface area contributed by atoms with Crippen molar-refractivity contribution >= 4 is 27.6 Å². The van der Waals surface area contributed by atoms with Crippen molar-refractivity contribution in [1.29, 1.82) is 0 Å². The van der Waals surface area contributed by atoms with Crippen molar-refractivity contribution < 1.29 is 9.90 Å². The minimum atomic E-state index is -0.871. The highest BCUT2D eigenvalue weighted by molar-refractivity contribution is 9.10. The molecule has 0 aliphatic heterocycles. The van der Waals surface area contributed by atoms with Gasteiger partial charge in [0.25, 0.3) is 0 Å². The predicted octanol–water partition coefficient (Wildman–Crippen LogP) is 5.14. The van der Waals surface area contributed by atoms with Gasteiger partial charge >= 0.3 is 5.97 Å². The lowest BCUT2D eigenvalue weighted by atomic mass is 9.64. The maximum absolute atomic E-state index is 12.1. The Hall–Kier alpha value is -1.81. The molecule has 0 heterocycles. The van der Waals surface area contributed by atoms with Crippen LogP contribution in [0.5, 0.6) is 0 Å². The van der Waals surface area contributed by atoms with Crippen LogP contribution in [0.2, 0.25) is 0 Å². The molecule has 2 aromatic carbocycles. The molecule has 0 unspecified atom stereocenters. The maximum Gasteiger partial charge on any atom is 0.329 e. The molecule has 1 spiro atoms. The van der Waals surface area contributed by atoms with E-state index in [2.05, 4.69) is 45.5 Å². The Morgan fingerprint density at radius 3 is 2.48 bits per heavy atom. The van der Waals surface area contributed by atoms with Gasteiger partial charge in [-0.15, -0.1) is 0 Å². The van der Waals surface area contributed by atoms with Gasteiger partial charge in [0.2, 0.25) is 0 Å². The van der Waals surface area contributed by atoms with Gasteiger partial charge in [-0.2, -0.15) is 0 Å². The van der Waals surface area contributed by atoms with E-state index in [1.54, 1.807) is 0 Å². The molecule has 0 aromatic heterocycles. The summed E-state index contributed by atoms with van der Waals surface area (Å²) in [7, 11) is 0. The van der Waals surface area contributed by atoms with Gasteiger partial charge in [-0.1, -0.05) is 46.3 Å². The van der Waals surface area contributed by atoms with E-state index in [9.17, 15) is 9.90 Å². The number of carboxylic acids is 1. The normalized spacial score (nSPS) is 27.9. The van der Waals surface area contributed by atoms with E-state index in [4.69, 9.17) is 0 Å². The van der Waals surface area contributed by atoms with Crippen molar-refractivity contribution in [2.24, 2.45) is 0 Å². The number of nitrogens with one attached hydrogen (secondary N) is 1. The first-order valence-corrected chi connectivity index (χ1v) is 9.68. The fourth-order valence-electron chi connectivity index (χ4n) is 4.67. The first kappa shape index (κ1) is 16.6. The van der Waals surface area contributed by atoms with E-state index in [0.29, 0.717) is 12.8 Å². The molecule has 4 rings (SSSR count). The van der Waals surface area contributed by atoms with E-state index in [1.807, 2.05) is 24.3 Å². The molecule has 0 atom stereocenters. The zero-order chi connectivity index (χ0) is 17.5. The number of benzene rings is 2. The molecule has 1 fully saturated rings. The Kier molecular flexibility index (Phi) is 4.11. The van der Waals surface area contributed by atoms with Gasteiger partial charge in [0.05, 0.1) is 0 Å². The molecule has 0 bridgehead atoms. The monoisotopic (exact) mass is 399 g/mol. The standard InChI is InChI=1S/C21H22BrNO2/c22-16-5-3-6-17(14-16)23-21(19(24)25)12-10-20(11-13-21)9-8-15-4-1-2-7-18(15)20/h1-7,14,23H,8-13H2,(H,24,25). The lowest BCUT2D eigenvalue weighted by Crippen LogP contribution is -2.51. The number of hydrogen-bond donors (Lipinski definition) is 2. The van der Waals surface area contributed by atoms with E-state index in [-0.39, 0.29) is 5.41 Å². The number of aryl methyl sites for hydroxylation is 1. The number of halogens is 1. The fraction of sp³-hybridized carbons (Fsp3) is 0.381. The third kappa shape index (κ3) is 2.86. The Morgan fingerprint density at radius 2 is 1.76 bits per heavy atom. The summed E-state index contributed by atoms with van der Waals surface area (Å²) in [5, 5.41) is 13.3. The van der Waals surface area contributed by atoms with Gasteiger partial charge in [-0.25, -0.2) is 4.79 Å². The van der Waals surface area contributed by atoms with Crippen molar-refractivity contribution in [3.05, 3.63) is 64.1 Å². The van der Waals surface area contributed by atoms with Crippen LogP contribution in [-0.2, 0) is 16.6 Å². The lowest BCUT2D eigenvalue weighted by Gasteiger charge is -2.44. The minimum Gasteiger partial charge on any atom is -0.480 e. The molecule has 0 amide bonds. The summed E-state index contributed by atoms with van der Waals surface area (Å²) >= 11 is 3.46. The maximum atomic E-state index is 12.1. The average Bonchev–Trinajstić information content (AvgIpc) is 2.96. The number of hydrogen-bond acceptors (Lipinski definition) is 2. The minimum absolute atomic E-state index is 0.175. The molecule has 1 saturated carbocycles. The van der Waals surface area contributed by atoms with Crippen molar-refractivity contribution in [2.45, 2.75) is 49.5 Å². The summed E-state index contributed by atoms with van der Waals surface area (Å²) in [6.07, 6.45) is 5.44. The molecule has 4 heteroatoms. The SMILES string of the molecule is O=C(O)C1(Nc2cccc(Br)c2)CCC2(CCc3ccccc32)CC1. The highest BCUT2D eigenvalue weighted by atomic mass is 79.9. The Balaban J connectivity index is 1.59. The molecular weight excluding hydrogens is 378 g/mol. The van der Waals surface area contributed by atoms with Crippen LogP contribution in [0.4, 0.5) is 5.69 Å². The highest BCUT2D eigenvalue weighted by Gasteiger charge is 2.49. The third-order valence-electron chi connectivity index (χ3n) is 6.14. The molecule has 3 nitrogen and oxygen atoms in total. The number of carboxylic acid groups (broad SMARTS) is 1. The van der Waals surface area contributed by atoms with Crippen LogP contribution in [0.1, 0.15) is 43.2 Å². The molecule has 130 valence electrons. The van der Waals surface area contributed by atoms with E-state index >= 15 is 0 Å². The van der Waals surface area contributed by atoms with Crippen LogP contribution in [0.3, 0.4) is 0 Å². The number of anilines is 1. The summed E-state index contributed by atoms with van der Waals surface area (Å²) in [6, 6.07) is 16.5. The summed E-state index contributed by atoms with van der Waals surface area (Å²) in [4.78, 5) is 12.1. The molecule has 2 aliphatic carbocycles. The highest BCUT2D eigenvalue weighted by Crippen LogP contribution is 2.51. The molecule has 2 aliphatic rings. The molecule has 25 heavy (non-hydrogen) atoms. The van der Waals surface area contributed by atoms with Crippen LogP contribution in [0.15, 0.2) is 53.0 Å². The van der Waals surface area contributed by atoms with Crippen LogP contribution in [0, 0.1) is 0 Å². The lowest BCUT2D eigenvalue weighted by molar-refractivity contribution is -0.144. The largest absolute Gasteiger partial charge is 0.480 e. The third-order valence-corrected chi connectivity index (χ3v) is 6.63. The Labute approximate surface area is 156 Å². The van der Waals surface area contributed by atoms with Gasteiger partial charge in [0, 0.05) is 10.2 Å². The Bertz CT molecular complexity index is 809. The molecule has 0 radical (unpaired) electrons. The number of carbonyl (C=O) groups is 1. The van der Waals surface area contributed by atoms with Crippen LogP contribution in [0.25, 0.3) is 0 Å². The second-order valence-electron chi connectivity index (χ2n) is 7.46. The van der Waals surface area contributed by atoms with Gasteiger partial charge < -0.3 is 10.4 Å². The van der Waals surface area contributed by atoms with Gasteiger partial charge in [-0.3, -0.25) is 0 Å². The van der Waals surface area contributed by atoms with Crippen molar-refractivity contribution in [3.8, 4) is 0 Å². The van der Waals surface area contributed by atoms with E-state index in [0.717, 1.165) is 35.8 Å². The molecule has 0 saturated heterocycles. The predicted molar refractivity (Wildman–Crippen MR) is 103 cm³/mol. The molecule has 2 N–H and O–H groups in total. The second-order valence-corrected chi connectivity index (χ2v) is 8.38. The van der Waals surface area contributed by atoms with Gasteiger partial charge in [0.15, 0.2) is 0 Å². The molecular formula is C21H22BrNO2. The van der Waals surface area contributed by atoms with Crippen LogP contribution < -0.4 is 5.32 Å². The van der Waals surface area contributed by atoms with Crippen molar-refractivity contribution in [2.75, 3.05) is 5.32 Å². The summed E-state index contributed by atoms with van der Waals surface area (Å²) in [5.41, 5.74) is 3.07. The van der Waals surface area contributed by atoms with Crippen LogP contribution >= 0.6 is 15.9 Å². The number of rotatable bonds is 3. The van der Waals surface area contributed by atoms with Gasteiger partial charge in [0.1, 0.15) is 5.54 Å². The molecule has 2 aromatic rings. The summed E-state index contributed by atoms with van der Waals surface area (Å²) < 4.78 is 0.954. The van der Waals surface area contributed by atoms with Gasteiger partial charge in [-0.05, 0) is 73.3 Å². The van der Waals surface area contributed by atoms with E-state index in [1.165, 1.54) is 11.1 Å². The smallest absolute Gasteiger partial charge is 0.329 e. The van der Waals surface area contributed by atoms with Crippen molar-refractivity contribution in [3.63, 3.8) is 0 Å². The average molecular weight is 400 g/mol.